The normalized spacial score (nSPS) is 17.6. The van der Waals surface area contributed by atoms with Crippen LogP contribution in [0.4, 0.5) is 4.79 Å². The van der Waals surface area contributed by atoms with Crippen LogP contribution in [0, 0.1) is 0 Å². The Hall–Kier alpha value is -2.33. The zero-order chi connectivity index (χ0) is 19.6. The Balaban J connectivity index is 1.63. The molecule has 1 aliphatic heterocycles. The molecule has 0 bridgehead atoms. The monoisotopic (exact) mass is 392 g/mol. The van der Waals surface area contributed by atoms with E-state index in [1.165, 1.54) is 4.90 Å². The first-order valence-corrected chi connectivity index (χ1v) is 9.60. The number of carbonyl (C=O) groups is 2. The highest BCUT2D eigenvalue weighted by Crippen LogP contribution is 2.26. The minimum Gasteiger partial charge on any atom is -0.383 e. The van der Waals surface area contributed by atoms with E-state index in [2.05, 4.69) is 41.4 Å². The van der Waals surface area contributed by atoms with Gasteiger partial charge in [-0.15, -0.1) is 16.4 Å². The van der Waals surface area contributed by atoms with Crippen molar-refractivity contribution in [3.8, 4) is 0 Å². The van der Waals surface area contributed by atoms with E-state index in [0.717, 1.165) is 10.7 Å². The van der Waals surface area contributed by atoms with Crippen LogP contribution in [0.15, 0.2) is 11.6 Å². The average Bonchev–Trinajstić information content (AvgIpc) is 3.30. The fraction of sp³-hybridized carbons (Fsp3) is 0.588. The quantitative estimate of drug-likeness (QED) is 0.714. The lowest BCUT2D eigenvalue weighted by Crippen LogP contribution is -2.32. The molecule has 146 valence electrons. The van der Waals surface area contributed by atoms with E-state index in [0.29, 0.717) is 25.3 Å². The molecule has 0 spiro atoms. The van der Waals surface area contributed by atoms with Crippen LogP contribution in [0.3, 0.4) is 0 Å². The first-order chi connectivity index (χ1) is 12.8. The maximum absolute atomic E-state index is 12.7. The van der Waals surface area contributed by atoms with E-state index in [-0.39, 0.29) is 17.9 Å². The standard InChI is InChI=1S/C17H24N6O3S/c1-17(2,3)15-18-12(10-27-15)9-23-14(24)13(19-16(23)25)7-11-8-22(21-20-11)5-6-26-4/h8,10,13H,5-7,9H2,1-4H3,(H,19,25)/t13-/m0/s1. The Morgan fingerprint density at radius 2 is 2.07 bits per heavy atom. The molecule has 3 rings (SSSR count). The van der Waals surface area contributed by atoms with Crippen molar-refractivity contribution in [1.29, 1.82) is 0 Å². The molecule has 0 saturated carbocycles. The lowest BCUT2D eigenvalue weighted by Gasteiger charge is -2.14. The summed E-state index contributed by atoms with van der Waals surface area (Å²) in [6, 6.07) is -1.03. The number of carbonyl (C=O) groups excluding carboxylic acids is 2. The van der Waals surface area contributed by atoms with Gasteiger partial charge in [-0.2, -0.15) is 0 Å². The topological polar surface area (TPSA) is 102 Å². The van der Waals surface area contributed by atoms with Gasteiger partial charge in [0.1, 0.15) is 6.04 Å². The van der Waals surface area contributed by atoms with Crippen molar-refractivity contribution in [2.45, 2.75) is 51.7 Å². The number of methoxy groups -OCH3 is 1. The molecule has 0 aliphatic carbocycles. The van der Waals surface area contributed by atoms with Crippen LogP contribution in [0.2, 0.25) is 0 Å². The van der Waals surface area contributed by atoms with Gasteiger partial charge in [-0.05, 0) is 0 Å². The molecule has 0 aromatic carbocycles. The van der Waals surface area contributed by atoms with E-state index in [1.54, 1.807) is 29.3 Å². The molecule has 2 aromatic heterocycles. The summed E-state index contributed by atoms with van der Waals surface area (Å²) >= 11 is 1.54. The first-order valence-electron chi connectivity index (χ1n) is 8.72. The number of nitrogens with one attached hydrogen (secondary N) is 1. The highest BCUT2D eigenvalue weighted by Gasteiger charge is 2.38. The van der Waals surface area contributed by atoms with Crippen LogP contribution >= 0.6 is 11.3 Å². The number of hydrogen-bond donors (Lipinski definition) is 1. The van der Waals surface area contributed by atoms with Crippen LogP contribution in [0.5, 0.6) is 0 Å². The molecule has 1 aliphatic rings. The summed E-state index contributed by atoms with van der Waals surface area (Å²) in [5.41, 5.74) is 1.31. The molecule has 0 radical (unpaired) electrons. The fourth-order valence-corrected chi connectivity index (χ4v) is 3.58. The van der Waals surface area contributed by atoms with Crippen molar-refractivity contribution in [2.24, 2.45) is 0 Å². The smallest absolute Gasteiger partial charge is 0.325 e. The minimum atomic E-state index is -0.634. The maximum Gasteiger partial charge on any atom is 0.325 e. The number of imide groups is 1. The Morgan fingerprint density at radius 1 is 1.30 bits per heavy atom. The molecule has 2 aromatic rings. The molecule has 1 saturated heterocycles. The molecule has 10 heteroatoms. The van der Waals surface area contributed by atoms with Gasteiger partial charge < -0.3 is 10.1 Å². The Kier molecular flexibility index (Phi) is 5.56. The third kappa shape index (κ3) is 4.51. The van der Waals surface area contributed by atoms with Gasteiger partial charge in [0.2, 0.25) is 0 Å². The minimum absolute atomic E-state index is 0.0582. The van der Waals surface area contributed by atoms with Crippen molar-refractivity contribution in [1.82, 2.24) is 30.2 Å². The van der Waals surface area contributed by atoms with Gasteiger partial charge in [-0.1, -0.05) is 26.0 Å². The van der Waals surface area contributed by atoms with Gasteiger partial charge in [0.15, 0.2) is 0 Å². The molecule has 1 atom stereocenters. The highest BCUT2D eigenvalue weighted by molar-refractivity contribution is 7.09. The van der Waals surface area contributed by atoms with Gasteiger partial charge in [0.05, 0.1) is 36.1 Å². The zero-order valence-corrected chi connectivity index (χ0v) is 16.7. The molecule has 27 heavy (non-hydrogen) atoms. The summed E-state index contributed by atoms with van der Waals surface area (Å²) in [4.78, 5) is 30.7. The molecule has 9 nitrogen and oxygen atoms in total. The Morgan fingerprint density at radius 3 is 2.74 bits per heavy atom. The molecular formula is C17H24N6O3S. The second kappa shape index (κ2) is 7.73. The summed E-state index contributed by atoms with van der Waals surface area (Å²) in [6.45, 7) is 7.53. The Labute approximate surface area is 161 Å². The van der Waals surface area contributed by atoms with Gasteiger partial charge in [-0.25, -0.2) is 14.5 Å². The Bertz CT molecular complexity index is 825. The molecule has 1 fully saturated rings. The third-order valence-corrected chi connectivity index (χ3v) is 5.46. The predicted octanol–water partition coefficient (Wildman–Crippen LogP) is 1.34. The predicted molar refractivity (Wildman–Crippen MR) is 99.3 cm³/mol. The van der Waals surface area contributed by atoms with Crippen molar-refractivity contribution >= 4 is 23.3 Å². The number of aromatic nitrogens is 4. The summed E-state index contributed by atoms with van der Waals surface area (Å²) < 4.78 is 6.66. The summed E-state index contributed by atoms with van der Waals surface area (Å²) in [7, 11) is 1.62. The van der Waals surface area contributed by atoms with E-state index < -0.39 is 12.1 Å². The van der Waals surface area contributed by atoms with Crippen LogP contribution in [-0.2, 0) is 34.5 Å². The van der Waals surface area contributed by atoms with Crippen molar-refractivity contribution in [2.75, 3.05) is 13.7 Å². The van der Waals surface area contributed by atoms with Gasteiger partial charge in [0, 0.05) is 30.5 Å². The molecular weight excluding hydrogens is 368 g/mol. The molecule has 1 N–H and O–H groups in total. The van der Waals surface area contributed by atoms with E-state index in [1.807, 2.05) is 5.38 Å². The summed E-state index contributed by atoms with van der Waals surface area (Å²) in [5.74, 6) is -0.267. The number of thiazole rings is 1. The molecule has 0 unspecified atom stereocenters. The average molecular weight is 392 g/mol. The molecule has 3 amide bonds. The van der Waals surface area contributed by atoms with Crippen LogP contribution < -0.4 is 5.32 Å². The van der Waals surface area contributed by atoms with Crippen molar-refractivity contribution in [3.05, 3.63) is 28.0 Å². The van der Waals surface area contributed by atoms with Crippen molar-refractivity contribution < 1.29 is 14.3 Å². The lowest BCUT2D eigenvalue weighted by molar-refractivity contribution is -0.127. The largest absolute Gasteiger partial charge is 0.383 e. The second-order valence-electron chi connectivity index (χ2n) is 7.49. The lowest BCUT2D eigenvalue weighted by atomic mass is 9.98. The summed E-state index contributed by atoms with van der Waals surface area (Å²) in [6.07, 6.45) is 2.06. The van der Waals surface area contributed by atoms with E-state index in [9.17, 15) is 9.59 Å². The number of urea groups is 1. The number of rotatable bonds is 7. The third-order valence-electron chi connectivity index (χ3n) is 4.14. The van der Waals surface area contributed by atoms with Crippen molar-refractivity contribution in [3.63, 3.8) is 0 Å². The van der Waals surface area contributed by atoms with Crippen LogP contribution in [-0.4, -0.2) is 56.6 Å². The van der Waals surface area contributed by atoms with Crippen LogP contribution in [0.1, 0.15) is 37.2 Å². The van der Waals surface area contributed by atoms with Gasteiger partial charge >= 0.3 is 6.03 Å². The number of nitrogens with zero attached hydrogens (tertiary/aromatic N) is 5. The zero-order valence-electron chi connectivity index (χ0n) is 15.9. The van der Waals surface area contributed by atoms with E-state index in [4.69, 9.17) is 4.74 Å². The van der Waals surface area contributed by atoms with Crippen LogP contribution in [0.25, 0.3) is 0 Å². The molecule has 3 heterocycles. The fourth-order valence-electron chi connectivity index (χ4n) is 2.69. The first kappa shape index (κ1) is 19.4. The van der Waals surface area contributed by atoms with E-state index >= 15 is 0 Å². The summed E-state index contributed by atoms with van der Waals surface area (Å²) in [5, 5.41) is 13.7. The van der Waals surface area contributed by atoms with Gasteiger partial charge in [-0.3, -0.25) is 9.69 Å². The SMILES string of the molecule is COCCn1cc(C[C@@H]2NC(=O)N(Cc3csc(C(C)(C)C)n3)C2=O)nn1. The highest BCUT2D eigenvalue weighted by atomic mass is 32.1. The second-order valence-corrected chi connectivity index (χ2v) is 8.35. The number of ether oxygens (including phenoxy) is 1. The number of amides is 3. The number of hydrogen-bond acceptors (Lipinski definition) is 7. The van der Waals surface area contributed by atoms with Gasteiger partial charge in [0.25, 0.3) is 5.91 Å². The maximum atomic E-state index is 12.7.